The molecule has 6 heteroatoms. The zero-order valence-corrected chi connectivity index (χ0v) is 7.82. The van der Waals surface area contributed by atoms with Crippen molar-refractivity contribution in [2.45, 2.75) is 6.18 Å². The van der Waals surface area contributed by atoms with Gasteiger partial charge in [0.1, 0.15) is 5.75 Å². The van der Waals surface area contributed by atoms with Gasteiger partial charge in [-0.1, -0.05) is 6.07 Å². The molecule has 1 rings (SSSR count). The van der Waals surface area contributed by atoms with Crippen molar-refractivity contribution < 1.29 is 28.2 Å². The topological polar surface area (TPSA) is 57.5 Å². The molecular formula is C10H7F3O3. The normalized spacial score (nSPS) is 11.9. The highest BCUT2D eigenvalue weighted by atomic mass is 19.4. The lowest BCUT2D eigenvalue weighted by Gasteiger charge is -2.10. The Morgan fingerprint density at radius 1 is 1.31 bits per heavy atom. The van der Waals surface area contributed by atoms with Crippen LogP contribution in [0.4, 0.5) is 13.2 Å². The van der Waals surface area contributed by atoms with Gasteiger partial charge in [-0.3, -0.25) is 0 Å². The Labute approximate surface area is 88.4 Å². The molecule has 0 aromatic heterocycles. The molecule has 0 radical (unpaired) electrons. The number of phenolic OH excluding ortho intramolecular Hbond substituents is 1. The van der Waals surface area contributed by atoms with E-state index in [0.717, 1.165) is 18.2 Å². The van der Waals surface area contributed by atoms with Gasteiger partial charge in [0.05, 0.1) is 5.56 Å². The molecule has 0 fully saturated rings. The van der Waals surface area contributed by atoms with Gasteiger partial charge in [-0.05, 0) is 23.8 Å². The quantitative estimate of drug-likeness (QED) is 0.770. The third-order valence-electron chi connectivity index (χ3n) is 1.75. The molecule has 2 N–H and O–H groups in total. The lowest BCUT2D eigenvalue weighted by Crippen LogP contribution is -2.07. The molecule has 0 aliphatic rings. The molecule has 0 saturated heterocycles. The summed E-state index contributed by atoms with van der Waals surface area (Å²) >= 11 is 0. The molecule has 1 aromatic carbocycles. The van der Waals surface area contributed by atoms with Gasteiger partial charge in [0.15, 0.2) is 0 Å². The summed E-state index contributed by atoms with van der Waals surface area (Å²) in [5, 5.41) is 17.2. The number of phenols is 1. The number of aliphatic carboxylic acids is 1. The number of aromatic hydroxyl groups is 1. The number of benzene rings is 1. The van der Waals surface area contributed by atoms with E-state index in [9.17, 15) is 18.0 Å². The predicted octanol–water partition coefficient (Wildman–Crippen LogP) is 2.51. The first-order valence-corrected chi connectivity index (χ1v) is 4.12. The van der Waals surface area contributed by atoms with Crippen LogP contribution in [0.1, 0.15) is 11.1 Å². The number of alkyl halides is 3. The van der Waals surface area contributed by atoms with Crippen LogP contribution in [-0.2, 0) is 11.0 Å². The van der Waals surface area contributed by atoms with Crippen LogP contribution in [0.2, 0.25) is 0 Å². The predicted molar refractivity (Wildman–Crippen MR) is 49.8 cm³/mol. The molecule has 0 unspecified atom stereocenters. The van der Waals surface area contributed by atoms with Gasteiger partial charge in [-0.15, -0.1) is 0 Å². The summed E-state index contributed by atoms with van der Waals surface area (Å²) in [5.74, 6) is -1.87. The van der Waals surface area contributed by atoms with Crippen LogP contribution in [0.3, 0.4) is 0 Å². The Hall–Kier alpha value is -1.98. The van der Waals surface area contributed by atoms with E-state index in [0.29, 0.717) is 12.1 Å². The van der Waals surface area contributed by atoms with E-state index in [-0.39, 0.29) is 5.56 Å². The van der Waals surface area contributed by atoms with Crippen molar-refractivity contribution >= 4 is 12.0 Å². The van der Waals surface area contributed by atoms with Crippen LogP contribution in [-0.4, -0.2) is 16.2 Å². The van der Waals surface area contributed by atoms with Gasteiger partial charge in [0.25, 0.3) is 0 Å². The average Bonchev–Trinajstić information content (AvgIpc) is 2.14. The van der Waals surface area contributed by atoms with E-state index in [2.05, 4.69) is 0 Å². The summed E-state index contributed by atoms with van der Waals surface area (Å²) in [5.41, 5.74) is -1.39. The van der Waals surface area contributed by atoms with Crippen molar-refractivity contribution in [1.82, 2.24) is 0 Å². The first-order chi connectivity index (χ1) is 7.30. The van der Waals surface area contributed by atoms with Crippen molar-refractivity contribution in [3.05, 3.63) is 35.4 Å². The molecule has 3 nitrogen and oxygen atoms in total. The van der Waals surface area contributed by atoms with Gasteiger partial charge in [-0.2, -0.15) is 13.2 Å². The summed E-state index contributed by atoms with van der Waals surface area (Å²) in [6, 6.07) is 2.59. The van der Waals surface area contributed by atoms with E-state index >= 15 is 0 Å². The van der Waals surface area contributed by atoms with Crippen LogP contribution >= 0.6 is 0 Å². The number of rotatable bonds is 2. The summed E-state index contributed by atoms with van der Waals surface area (Å²) in [6.07, 6.45) is -3.22. The third-order valence-corrected chi connectivity index (χ3v) is 1.75. The van der Waals surface area contributed by atoms with Gasteiger partial charge in [0.2, 0.25) is 0 Å². The summed E-state index contributed by atoms with van der Waals surface area (Å²) < 4.78 is 37.4. The van der Waals surface area contributed by atoms with Crippen LogP contribution in [0.15, 0.2) is 24.3 Å². The smallest absolute Gasteiger partial charge is 0.417 e. The summed E-state index contributed by atoms with van der Waals surface area (Å²) in [4.78, 5) is 10.2. The van der Waals surface area contributed by atoms with Crippen LogP contribution in [0.5, 0.6) is 5.75 Å². The monoisotopic (exact) mass is 232 g/mol. The van der Waals surface area contributed by atoms with Crippen molar-refractivity contribution in [3.8, 4) is 5.75 Å². The SMILES string of the molecule is O=C(O)/C=C/c1ccc(O)cc1C(F)(F)F. The van der Waals surface area contributed by atoms with Crippen molar-refractivity contribution in [2.24, 2.45) is 0 Å². The van der Waals surface area contributed by atoms with Crippen molar-refractivity contribution in [3.63, 3.8) is 0 Å². The number of hydrogen-bond acceptors (Lipinski definition) is 2. The maximum atomic E-state index is 12.5. The molecule has 0 bridgehead atoms. The summed E-state index contributed by atoms with van der Waals surface area (Å²) in [7, 11) is 0. The highest BCUT2D eigenvalue weighted by Gasteiger charge is 2.33. The van der Waals surface area contributed by atoms with Crippen LogP contribution in [0, 0.1) is 0 Å². The largest absolute Gasteiger partial charge is 0.508 e. The molecule has 0 atom stereocenters. The maximum absolute atomic E-state index is 12.5. The second-order valence-electron chi connectivity index (χ2n) is 2.94. The first kappa shape index (κ1) is 12.1. The molecule has 0 amide bonds. The van der Waals surface area contributed by atoms with Gasteiger partial charge in [-0.25, -0.2) is 4.79 Å². The van der Waals surface area contributed by atoms with Gasteiger partial charge < -0.3 is 10.2 Å². The number of carboxylic acids is 1. The molecule has 0 spiro atoms. The maximum Gasteiger partial charge on any atom is 0.417 e. The van der Waals surface area contributed by atoms with E-state index in [1.165, 1.54) is 0 Å². The molecule has 0 aliphatic heterocycles. The van der Waals surface area contributed by atoms with Crippen LogP contribution in [0.25, 0.3) is 6.08 Å². The lowest BCUT2D eigenvalue weighted by molar-refractivity contribution is -0.138. The number of hydrogen-bond donors (Lipinski definition) is 2. The Morgan fingerprint density at radius 2 is 1.94 bits per heavy atom. The van der Waals surface area contributed by atoms with Gasteiger partial charge in [0, 0.05) is 6.08 Å². The fourth-order valence-electron chi connectivity index (χ4n) is 1.10. The zero-order chi connectivity index (χ0) is 12.3. The molecule has 0 heterocycles. The Bertz CT molecular complexity index is 435. The highest BCUT2D eigenvalue weighted by Crippen LogP contribution is 2.34. The highest BCUT2D eigenvalue weighted by molar-refractivity contribution is 5.85. The third kappa shape index (κ3) is 3.01. The van der Waals surface area contributed by atoms with E-state index < -0.39 is 23.5 Å². The molecule has 0 saturated carbocycles. The molecular weight excluding hydrogens is 225 g/mol. The Balaban J connectivity index is 3.23. The molecule has 1 aromatic rings. The Kier molecular flexibility index (Phi) is 3.22. The fourth-order valence-corrected chi connectivity index (χ4v) is 1.10. The number of carboxylic acid groups (broad SMARTS) is 1. The second kappa shape index (κ2) is 4.26. The standard InChI is InChI=1S/C10H7F3O3/c11-10(12,13)8-5-7(14)3-1-6(8)2-4-9(15)16/h1-5,14H,(H,15,16)/b4-2+. The van der Waals surface area contributed by atoms with Gasteiger partial charge >= 0.3 is 12.1 Å². The minimum absolute atomic E-state index is 0.312. The number of carbonyl (C=O) groups is 1. The average molecular weight is 232 g/mol. The lowest BCUT2D eigenvalue weighted by atomic mass is 10.1. The molecule has 0 aliphatic carbocycles. The minimum atomic E-state index is -4.64. The molecule has 16 heavy (non-hydrogen) atoms. The minimum Gasteiger partial charge on any atom is -0.508 e. The second-order valence-corrected chi connectivity index (χ2v) is 2.94. The van der Waals surface area contributed by atoms with E-state index in [1.54, 1.807) is 0 Å². The number of halogens is 3. The van der Waals surface area contributed by atoms with Crippen LogP contribution < -0.4 is 0 Å². The first-order valence-electron chi connectivity index (χ1n) is 4.12. The van der Waals surface area contributed by atoms with E-state index in [4.69, 9.17) is 10.2 Å². The van der Waals surface area contributed by atoms with Crippen molar-refractivity contribution in [1.29, 1.82) is 0 Å². The summed E-state index contributed by atoms with van der Waals surface area (Å²) in [6.45, 7) is 0. The molecule has 86 valence electrons. The fraction of sp³-hybridized carbons (Fsp3) is 0.100. The Morgan fingerprint density at radius 3 is 2.44 bits per heavy atom. The zero-order valence-electron chi connectivity index (χ0n) is 7.82. The van der Waals surface area contributed by atoms with Crippen molar-refractivity contribution in [2.75, 3.05) is 0 Å². The van der Waals surface area contributed by atoms with E-state index in [1.807, 2.05) is 0 Å².